The highest BCUT2D eigenvalue weighted by Gasteiger charge is 2.29. The van der Waals surface area contributed by atoms with Gasteiger partial charge in [0.25, 0.3) is 0 Å². The molecule has 4 nitrogen and oxygen atoms in total. The van der Waals surface area contributed by atoms with Gasteiger partial charge in [0.05, 0.1) is 55.8 Å². The topological polar surface area (TPSA) is 15.3 Å². The third-order valence-corrected chi connectivity index (χ3v) is 17.5. The SMILES string of the molecule is CCc1ccc(N(c2ccc(C(C)C)cc2)c2ccc3c4cc5c(cc4n4c6ccccc6c2c34)c2ccc(N(c3ccc(C(C)C)cc3)c3ccc(CC)cc3-c3ccccc3)c3c4ccccc4n5c23)c(-c2ccccc2)c1. The molecule has 15 rings (SSSR count). The molecule has 386 valence electrons. The molecule has 0 saturated carbocycles. The fraction of sp³-hybridized carbons (Fsp3) is 0.132. The molecule has 0 amide bonds. The molecule has 0 atom stereocenters. The summed E-state index contributed by atoms with van der Waals surface area (Å²) in [6.07, 6.45) is 1.92. The van der Waals surface area contributed by atoms with Crippen molar-refractivity contribution in [2.45, 2.75) is 66.2 Å². The van der Waals surface area contributed by atoms with Crippen molar-refractivity contribution in [3.8, 4) is 22.3 Å². The summed E-state index contributed by atoms with van der Waals surface area (Å²) in [6.45, 7) is 13.6. The third-order valence-electron chi connectivity index (χ3n) is 17.5. The van der Waals surface area contributed by atoms with Crippen LogP contribution >= 0.6 is 0 Å². The molecule has 4 aromatic heterocycles. The van der Waals surface area contributed by atoms with E-state index in [4.69, 9.17) is 0 Å². The number of para-hydroxylation sites is 2. The van der Waals surface area contributed by atoms with Gasteiger partial charge in [-0.1, -0.05) is 187 Å². The van der Waals surface area contributed by atoms with Crippen molar-refractivity contribution in [3.05, 3.63) is 253 Å². The molecule has 4 heteroatoms. The number of hydrogen-bond donors (Lipinski definition) is 0. The molecular formula is C76H62N4. The van der Waals surface area contributed by atoms with Crippen molar-refractivity contribution in [3.63, 3.8) is 0 Å². The maximum Gasteiger partial charge on any atom is 0.0641 e. The summed E-state index contributed by atoms with van der Waals surface area (Å²) in [5.41, 5.74) is 24.4. The van der Waals surface area contributed by atoms with E-state index in [1.165, 1.54) is 121 Å². The van der Waals surface area contributed by atoms with Crippen LogP contribution in [0.25, 0.3) is 98.4 Å². The summed E-state index contributed by atoms with van der Waals surface area (Å²) in [5, 5.41) is 10.00. The molecule has 0 spiro atoms. The second-order valence-electron chi connectivity index (χ2n) is 22.6. The number of anilines is 6. The predicted molar refractivity (Wildman–Crippen MR) is 343 cm³/mol. The number of nitrogens with zero attached hydrogens (tertiary/aromatic N) is 4. The minimum absolute atomic E-state index is 0.424. The van der Waals surface area contributed by atoms with Crippen LogP contribution in [0.1, 0.15) is 75.6 Å². The van der Waals surface area contributed by atoms with E-state index in [9.17, 15) is 0 Å². The monoisotopic (exact) mass is 1030 g/mol. The number of aryl methyl sites for hydroxylation is 2. The summed E-state index contributed by atoms with van der Waals surface area (Å²) < 4.78 is 5.14. The van der Waals surface area contributed by atoms with Crippen molar-refractivity contribution in [2.24, 2.45) is 0 Å². The van der Waals surface area contributed by atoms with Gasteiger partial charge < -0.3 is 18.6 Å². The van der Waals surface area contributed by atoms with Gasteiger partial charge in [-0.15, -0.1) is 0 Å². The summed E-state index contributed by atoms with van der Waals surface area (Å²) in [7, 11) is 0. The van der Waals surface area contributed by atoms with Crippen molar-refractivity contribution in [1.29, 1.82) is 0 Å². The molecule has 4 heterocycles. The van der Waals surface area contributed by atoms with Crippen molar-refractivity contribution in [2.75, 3.05) is 9.80 Å². The molecule has 15 aromatic rings. The van der Waals surface area contributed by atoms with Gasteiger partial charge in [-0.3, -0.25) is 0 Å². The molecule has 0 N–H and O–H groups in total. The van der Waals surface area contributed by atoms with E-state index in [1.807, 2.05) is 0 Å². The van der Waals surface area contributed by atoms with E-state index >= 15 is 0 Å². The van der Waals surface area contributed by atoms with E-state index in [0.29, 0.717) is 11.8 Å². The molecule has 0 fully saturated rings. The number of fused-ring (bicyclic) bond motifs is 12. The average Bonchev–Trinajstić information content (AvgIpc) is 3.16. The van der Waals surface area contributed by atoms with Gasteiger partial charge in [-0.25, -0.2) is 0 Å². The Morgan fingerprint density at radius 1 is 0.325 bits per heavy atom. The molecule has 0 saturated heterocycles. The Morgan fingerprint density at radius 2 is 0.700 bits per heavy atom. The maximum atomic E-state index is 2.57. The lowest BCUT2D eigenvalue weighted by Gasteiger charge is -2.29. The standard InChI is InChI=1S/C76H62N4/c1-7-49-27-39-67(61(43-49)53-19-11-9-12-20-53)77(55-33-29-51(30-34-55)47(3)4)69-41-37-57-63-45-72-64(46-71(63)79-65-25-17-15-23-59(65)73(69)75(57)79)58-38-42-70(74-60-24-16-18-26-66(60)80(72)76(58)74)78(56-35-31-52(32-36-56)48(5)6)68-40-28-50(8-2)44-62(68)54-21-13-10-14-22-54/h9-48H,7-8H2,1-6H3. The maximum absolute atomic E-state index is 2.57. The Kier molecular flexibility index (Phi) is 11.1. The first-order valence-electron chi connectivity index (χ1n) is 28.8. The molecule has 0 aliphatic heterocycles. The van der Waals surface area contributed by atoms with Crippen LogP contribution in [0, 0.1) is 0 Å². The molecule has 11 aromatic carbocycles. The lowest BCUT2D eigenvalue weighted by molar-refractivity contribution is 0.866. The fourth-order valence-corrected chi connectivity index (χ4v) is 13.4. The van der Waals surface area contributed by atoms with E-state index in [-0.39, 0.29) is 0 Å². The van der Waals surface area contributed by atoms with Crippen LogP contribution in [0.3, 0.4) is 0 Å². The van der Waals surface area contributed by atoms with Gasteiger partial charge in [0.1, 0.15) is 0 Å². The molecule has 0 unspecified atom stereocenters. The largest absolute Gasteiger partial charge is 0.309 e. The van der Waals surface area contributed by atoms with Gasteiger partial charge in [0.2, 0.25) is 0 Å². The van der Waals surface area contributed by atoms with E-state index in [1.54, 1.807) is 0 Å². The Hall–Kier alpha value is -9.38. The quantitative estimate of drug-likeness (QED) is 0.121. The predicted octanol–water partition coefficient (Wildman–Crippen LogP) is 21.6. The lowest BCUT2D eigenvalue weighted by atomic mass is 9.96. The van der Waals surface area contributed by atoms with E-state index in [0.717, 1.165) is 47.0 Å². The fourth-order valence-electron chi connectivity index (χ4n) is 13.4. The number of aromatic nitrogens is 2. The molecule has 0 aliphatic carbocycles. The summed E-state index contributed by atoms with van der Waals surface area (Å²) >= 11 is 0. The van der Waals surface area contributed by atoms with Crippen LogP contribution in [0.5, 0.6) is 0 Å². The summed E-state index contributed by atoms with van der Waals surface area (Å²) in [6, 6.07) is 87.3. The zero-order valence-corrected chi connectivity index (χ0v) is 46.3. The second-order valence-corrected chi connectivity index (χ2v) is 22.6. The van der Waals surface area contributed by atoms with Crippen LogP contribution < -0.4 is 9.80 Å². The summed E-state index contributed by atoms with van der Waals surface area (Å²) in [4.78, 5) is 5.06. The van der Waals surface area contributed by atoms with Crippen LogP contribution in [0.15, 0.2) is 231 Å². The van der Waals surface area contributed by atoms with Crippen molar-refractivity contribution < 1.29 is 0 Å². The van der Waals surface area contributed by atoms with Crippen molar-refractivity contribution in [1.82, 2.24) is 8.80 Å². The summed E-state index contributed by atoms with van der Waals surface area (Å²) in [5.74, 6) is 0.848. The molecule has 0 bridgehead atoms. The number of rotatable bonds is 12. The minimum Gasteiger partial charge on any atom is -0.309 e. The first kappa shape index (κ1) is 47.8. The van der Waals surface area contributed by atoms with Gasteiger partial charge in [0, 0.05) is 65.6 Å². The highest BCUT2D eigenvalue weighted by atomic mass is 15.2. The highest BCUT2D eigenvalue weighted by Crippen LogP contribution is 2.53. The van der Waals surface area contributed by atoms with E-state index < -0.39 is 0 Å². The van der Waals surface area contributed by atoms with Crippen LogP contribution in [-0.2, 0) is 12.8 Å². The van der Waals surface area contributed by atoms with E-state index in [2.05, 4.69) is 291 Å². The molecular weight excluding hydrogens is 969 g/mol. The zero-order valence-electron chi connectivity index (χ0n) is 46.3. The minimum atomic E-state index is 0.424. The highest BCUT2D eigenvalue weighted by molar-refractivity contribution is 6.32. The normalized spacial score (nSPS) is 12.2. The molecule has 0 aliphatic rings. The van der Waals surface area contributed by atoms with Crippen molar-refractivity contribution >= 4 is 110 Å². The van der Waals surface area contributed by atoms with Crippen LogP contribution in [0.4, 0.5) is 34.1 Å². The Morgan fingerprint density at radius 3 is 1.09 bits per heavy atom. The second kappa shape index (κ2) is 18.6. The van der Waals surface area contributed by atoms with Crippen LogP contribution in [-0.4, -0.2) is 8.80 Å². The Labute approximate surface area is 467 Å². The third kappa shape index (κ3) is 7.21. The lowest BCUT2D eigenvalue weighted by Crippen LogP contribution is -2.12. The van der Waals surface area contributed by atoms with Crippen LogP contribution in [0.2, 0.25) is 0 Å². The number of hydrogen-bond acceptors (Lipinski definition) is 2. The zero-order chi connectivity index (χ0) is 53.9. The Bertz CT molecular complexity index is 4520. The average molecular weight is 1030 g/mol. The molecule has 0 radical (unpaired) electrons. The smallest absolute Gasteiger partial charge is 0.0641 e. The first-order valence-corrected chi connectivity index (χ1v) is 28.8. The van der Waals surface area contributed by atoms with Gasteiger partial charge >= 0.3 is 0 Å². The van der Waals surface area contributed by atoms with Gasteiger partial charge in [-0.05, 0) is 143 Å². The Balaban J connectivity index is 1.00. The molecule has 80 heavy (non-hydrogen) atoms. The first-order chi connectivity index (χ1) is 39.3. The van der Waals surface area contributed by atoms with Gasteiger partial charge in [0.15, 0.2) is 0 Å². The van der Waals surface area contributed by atoms with Gasteiger partial charge in [-0.2, -0.15) is 0 Å². The number of benzene rings is 11.